The van der Waals surface area contributed by atoms with Gasteiger partial charge in [-0.25, -0.2) is 0 Å². The summed E-state index contributed by atoms with van der Waals surface area (Å²) in [6, 6.07) is 0. The Balaban J connectivity index is 2.37. The zero-order chi connectivity index (χ0) is 12.0. The number of amides is 1. The van der Waals surface area contributed by atoms with E-state index in [0.29, 0.717) is 17.3 Å². The van der Waals surface area contributed by atoms with Gasteiger partial charge in [0.05, 0.1) is 11.6 Å². The largest absolute Gasteiger partial charge is 0.350 e. The van der Waals surface area contributed by atoms with Gasteiger partial charge in [0.2, 0.25) is 0 Å². The van der Waals surface area contributed by atoms with Gasteiger partial charge in [0, 0.05) is 6.54 Å². The minimum absolute atomic E-state index is 0.0140. The second-order valence-electron chi connectivity index (χ2n) is 3.58. The number of carbonyl (C=O) groups is 1. The molecule has 1 heterocycles. The van der Waals surface area contributed by atoms with E-state index in [4.69, 9.17) is 11.6 Å². The lowest BCUT2D eigenvalue weighted by Gasteiger charge is -2.19. The summed E-state index contributed by atoms with van der Waals surface area (Å²) in [6.07, 6.45) is 3.52. The molecule has 0 aromatic carbocycles. The Morgan fingerprint density at radius 1 is 1.56 bits per heavy atom. The summed E-state index contributed by atoms with van der Waals surface area (Å²) < 4.78 is 3.64. The third kappa shape index (κ3) is 3.72. The van der Waals surface area contributed by atoms with Crippen molar-refractivity contribution in [2.24, 2.45) is 5.92 Å². The van der Waals surface area contributed by atoms with Gasteiger partial charge in [-0.15, -0.1) is 16.7 Å². The number of hydrogen-bond donors (Lipinski definition) is 1. The van der Waals surface area contributed by atoms with Crippen molar-refractivity contribution in [3.8, 4) is 0 Å². The molecule has 16 heavy (non-hydrogen) atoms. The Bertz CT molecular complexity index is 314. The van der Waals surface area contributed by atoms with Crippen molar-refractivity contribution >= 4 is 29.0 Å². The number of hydrogen-bond acceptors (Lipinski definition) is 4. The second kappa shape index (κ2) is 6.81. The standard InChI is InChI=1S/C10H16ClN3OS/c1-3-7(4-2)8(11)5-12-10(15)9-6-13-14-16-9/h6-8H,3-5H2,1-2H3,(H,12,15). The summed E-state index contributed by atoms with van der Waals surface area (Å²) in [5.74, 6) is 0.299. The molecule has 0 aliphatic carbocycles. The highest BCUT2D eigenvalue weighted by molar-refractivity contribution is 7.07. The molecule has 0 aliphatic heterocycles. The molecule has 1 aromatic rings. The van der Waals surface area contributed by atoms with E-state index in [0.717, 1.165) is 24.4 Å². The summed E-state index contributed by atoms with van der Waals surface area (Å²) in [5, 5.41) is 6.39. The molecule has 1 N–H and O–H groups in total. The van der Waals surface area contributed by atoms with Crippen LogP contribution in [0.15, 0.2) is 6.20 Å². The normalized spacial score (nSPS) is 12.8. The number of rotatable bonds is 6. The van der Waals surface area contributed by atoms with Crippen LogP contribution in [0.2, 0.25) is 0 Å². The zero-order valence-electron chi connectivity index (χ0n) is 9.44. The molecule has 0 fully saturated rings. The first-order valence-electron chi connectivity index (χ1n) is 5.38. The summed E-state index contributed by atoms with van der Waals surface area (Å²) in [6.45, 7) is 4.71. The molecule has 1 atom stereocenters. The molecule has 0 spiro atoms. The maximum atomic E-state index is 11.6. The molecule has 0 bridgehead atoms. The Morgan fingerprint density at radius 2 is 2.25 bits per heavy atom. The Hall–Kier alpha value is -0.680. The van der Waals surface area contributed by atoms with Gasteiger partial charge in [0.25, 0.3) is 5.91 Å². The van der Waals surface area contributed by atoms with Crippen LogP contribution in [0.1, 0.15) is 36.4 Å². The predicted molar refractivity (Wildman–Crippen MR) is 66.0 cm³/mol. The van der Waals surface area contributed by atoms with Crippen LogP contribution in [-0.2, 0) is 0 Å². The monoisotopic (exact) mass is 261 g/mol. The topological polar surface area (TPSA) is 54.9 Å². The van der Waals surface area contributed by atoms with Crippen LogP contribution in [0, 0.1) is 5.92 Å². The van der Waals surface area contributed by atoms with Gasteiger partial charge in [0.1, 0.15) is 4.88 Å². The van der Waals surface area contributed by atoms with Crippen molar-refractivity contribution < 1.29 is 4.79 Å². The van der Waals surface area contributed by atoms with E-state index in [9.17, 15) is 4.79 Å². The number of carbonyl (C=O) groups excluding carboxylic acids is 1. The fourth-order valence-electron chi connectivity index (χ4n) is 1.51. The fraction of sp³-hybridized carbons (Fsp3) is 0.700. The maximum absolute atomic E-state index is 11.6. The first-order chi connectivity index (χ1) is 7.69. The lowest BCUT2D eigenvalue weighted by Crippen LogP contribution is -2.32. The van der Waals surface area contributed by atoms with Gasteiger partial charge in [-0.3, -0.25) is 4.79 Å². The molecule has 1 rings (SSSR count). The smallest absolute Gasteiger partial charge is 0.264 e. The van der Waals surface area contributed by atoms with Crippen LogP contribution in [-0.4, -0.2) is 27.4 Å². The molecule has 0 aliphatic rings. The van der Waals surface area contributed by atoms with Crippen LogP contribution < -0.4 is 5.32 Å². The Labute approximate surface area is 105 Å². The maximum Gasteiger partial charge on any atom is 0.264 e. The van der Waals surface area contributed by atoms with Gasteiger partial charge in [-0.2, -0.15) is 0 Å². The third-order valence-electron chi connectivity index (χ3n) is 2.60. The molecule has 1 unspecified atom stereocenters. The summed E-state index contributed by atoms with van der Waals surface area (Å²) in [4.78, 5) is 12.1. The minimum atomic E-state index is -0.147. The summed E-state index contributed by atoms with van der Waals surface area (Å²) in [5.41, 5.74) is 0. The lowest BCUT2D eigenvalue weighted by atomic mass is 9.99. The van der Waals surface area contributed by atoms with Crippen LogP contribution in [0.5, 0.6) is 0 Å². The molecule has 0 saturated carbocycles. The quantitative estimate of drug-likeness (QED) is 0.800. The zero-order valence-corrected chi connectivity index (χ0v) is 11.0. The molecule has 1 amide bonds. The van der Waals surface area contributed by atoms with Crippen molar-refractivity contribution in [1.29, 1.82) is 0 Å². The molecule has 0 saturated heterocycles. The van der Waals surface area contributed by atoms with Crippen LogP contribution in [0.4, 0.5) is 0 Å². The van der Waals surface area contributed by atoms with Gasteiger partial charge >= 0.3 is 0 Å². The average Bonchev–Trinajstić information content (AvgIpc) is 2.81. The molecular weight excluding hydrogens is 246 g/mol. The van der Waals surface area contributed by atoms with Crippen molar-refractivity contribution in [3.63, 3.8) is 0 Å². The Kier molecular flexibility index (Phi) is 5.69. The summed E-state index contributed by atoms with van der Waals surface area (Å²) >= 11 is 7.30. The first-order valence-corrected chi connectivity index (χ1v) is 6.59. The van der Waals surface area contributed by atoms with Crippen molar-refractivity contribution in [1.82, 2.24) is 14.9 Å². The third-order valence-corrected chi connectivity index (χ3v) is 3.78. The average molecular weight is 262 g/mol. The van der Waals surface area contributed by atoms with Gasteiger partial charge in [-0.05, 0) is 17.5 Å². The highest BCUT2D eigenvalue weighted by Gasteiger charge is 2.17. The van der Waals surface area contributed by atoms with E-state index < -0.39 is 0 Å². The van der Waals surface area contributed by atoms with E-state index in [-0.39, 0.29) is 11.3 Å². The van der Waals surface area contributed by atoms with Crippen molar-refractivity contribution in [2.45, 2.75) is 32.1 Å². The van der Waals surface area contributed by atoms with Crippen molar-refractivity contribution in [2.75, 3.05) is 6.54 Å². The van der Waals surface area contributed by atoms with Gasteiger partial charge in [0.15, 0.2) is 0 Å². The number of nitrogens with zero attached hydrogens (tertiary/aromatic N) is 2. The number of halogens is 1. The van der Waals surface area contributed by atoms with E-state index in [1.54, 1.807) is 0 Å². The SMILES string of the molecule is CCC(CC)C(Cl)CNC(=O)c1cnns1. The predicted octanol–water partition coefficient (Wildman–Crippen LogP) is 2.31. The number of nitrogens with one attached hydrogen (secondary N) is 1. The highest BCUT2D eigenvalue weighted by Crippen LogP contribution is 2.17. The summed E-state index contributed by atoms with van der Waals surface area (Å²) in [7, 11) is 0. The van der Waals surface area contributed by atoms with Crippen LogP contribution in [0.25, 0.3) is 0 Å². The molecule has 6 heteroatoms. The molecular formula is C10H16ClN3OS. The van der Waals surface area contributed by atoms with E-state index in [1.165, 1.54) is 6.20 Å². The number of alkyl halides is 1. The fourth-order valence-corrected chi connectivity index (χ4v) is 2.38. The Morgan fingerprint density at radius 3 is 2.75 bits per heavy atom. The van der Waals surface area contributed by atoms with Crippen LogP contribution >= 0.6 is 23.1 Å². The van der Waals surface area contributed by atoms with E-state index in [2.05, 4.69) is 28.8 Å². The molecule has 90 valence electrons. The molecule has 1 aromatic heterocycles. The lowest BCUT2D eigenvalue weighted by molar-refractivity contribution is 0.0955. The van der Waals surface area contributed by atoms with Crippen LogP contribution in [0.3, 0.4) is 0 Å². The highest BCUT2D eigenvalue weighted by atomic mass is 35.5. The van der Waals surface area contributed by atoms with Gasteiger partial charge < -0.3 is 5.32 Å². The minimum Gasteiger partial charge on any atom is -0.350 e. The van der Waals surface area contributed by atoms with Crippen molar-refractivity contribution in [3.05, 3.63) is 11.1 Å². The molecule has 0 radical (unpaired) electrons. The van der Waals surface area contributed by atoms with E-state index in [1.807, 2.05) is 0 Å². The first kappa shape index (κ1) is 13.4. The second-order valence-corrected chi connectivity index (χ2v) is 4.93. The van der Waals surface area contributed by atoms with Gasteiger partial charge in [-0.1, -0.05) is 31.2 Å². The van der Waals surface area contributed by atoms with E-state index >= 15 is 0 Å². The molecule has 4 nitrogen and oxygen atoms in total. The number of aromatic nitrogens is 2.